The predicted octanol–water partition coefficient (Wildman–Crippen LogP) is 2.93. The van der Waals surface area contributed by atoms with E-state index in [0.717, 1.165) is 0 Å². The van der Waals surface area contributed by atoms with Crippen molar-refractivity contribution < 1.29 is 42.9 Å². The van der Waals surface area contributed by atoms with Crippen molar-refractivity contribution in [3.63, 3.8) is 0 Å². The van der Waals surface area contributed by atoms with Gasteiger partial charge in [0.05, 0.1) is 33.7 Å². The molecule has 0 aromatic heterocycles. The highest BCUT2D eigenvalue weighted by molar-refractivity contribution is 6.31. The third kappa shape index (κ3) is 9.52. The van der Waals surface area contributed by atoms with Gasteiger partial charge >= 0.3 is 5.97 Å². The molecule has 2 aromatic carbocycles. The largest absolute Gasteiger partial charge is 0.497 e. The maximum atomic E-state index is 13.9. The summed E-state index contributed by atoms with van der Waals surface area (Å²) in [6.45, 7) is 2.44. The number of carbonyl (C=O) groups is 4. The molecular weight excluding hydrogens is 535 g/mol. The Morgan fingerprint density at radius 2 is 1.77 bits per heavy atom. The maximum Gasteiger partial charge on any atom is 0.305 e. The SMILES string of the molecule is COc1ccc(OC)c(CC(=O)N[C@H](C(=O)N[C@@H](CC(=O)O)C(=O)COCc2c(F)cccc2Cl)C(C)C)c1. The molecule has 0 heterocycles. The molecule has 3 N–H and O–H groups in total. The van der Waals surface area contributed by atoms with Crippen LogP contribution >= 0.6 is 11.6 Å². The maximum absolute atomic E-state index is 13.9. The summed E-state index contributed by atoms with van der Waals surface area (Å²) < 4.78 is 29.7. The normalized spacial score (nSPS) is 12.4. The van der Waals surface area contributed by atoms with Gasteiger partial charge in [-0.05, 0) is 36.2 Å². The molecule has 12 heteroatoms. The molecule has 0 radical (unpaired) electrons. The van der Waals surface area contributed by atoms with Gasteiger partial charge in [0, 0.05) is 16.1 Å². The molecule has 0 bridgehead atoms. The van der Waals surface area contributed by atoms with Crippen molar-refractivity contribution >= 4 is 35.2 Å². The van der Waals surface area contributed by atoms with E-state index in [9.17, 15) is 28.7 Å². The second kappa shape index (κ2) is 15.0. The summed E-state index contributed by atoms with van der Waals surface area (Å²) in [7, 11) is 2.95. The molecule has 0 saturated carbocycles. The monoisotopic (exact) mass is 566 g/mol. The van der Waals surface area contributed by atoms with Crippen LogP contribution < -0.4 is 20.1 Å². The highest BCUT2D eigenvalue weighted by Crippen LogP contribution is 2.24. The van der Waals surface area contributed by atoms with Gasteiger partial charge in [-0.2, -0.15) is 0 Å². The van der Waals surface area contributed by atoms with Crippen LogP contribution in [0, 0.1) is 11.7 Å². The van der Waals surface area contributed by atoms with E-state index in [4.69, 9.17) is 25.8 Å². The fourth-order valence-electron chi connectivity index (χ4n) is 3.66. The highest BCUT2D eigenvalue weighted by Gasteiger charge is 2.30. The molecule has 0 aliphatic heterocycles. The van der Waals surface area contributed by atoms with Crippen LogP contribution in [0.5, 0.6) is 11.5 Å². The molecule has 2 rings (SSSR count). The van der Waals surface area contributed by atoms with Gasteiger partial charge in [0.15, 0.2) is 5.78 Å². The molecule has 0 spiro atoms. The number of hydrogen-bond acceptors (Lipinski definition) is 7. The molecule has 2 atom stereocenters. The Labute approximate surface area is 230 Å². The fraction of sp³-hybridized carbons (Fsp3) is 0.407. The van der Waals surface area contributed by atoms with Crippen molar-refractivity contribution in [1.29, 1.82) is 0 Å². The van der Waals surface area contributed by atoms with E-state index in [2.05, 4.69) is 10.6 Å². The lowest BCUT2D eigenvalue weighted by atomic mass is 10.0. The number of aliphatic carboxylic acids is 1. The Hall–Kier alpha value is -3.70. The minimum atomic E-state index is -1.44. The smallest absolute Gasteiger partial charge is 0.305 e. The lowest BCUT2D eigenvalue weighted by molar-refractivity contribution is -0.141. The second-order valence-electron chi connectivity index (χ2n) is 8.96. The van der Waals surface area contributed by atoms with Gasteiger partial charge in [-0.1, -0.05) is 31.5 Å². The summed E-state index contributed by atoms with van der Waals surface area (Å²) in [5.74, 6) is -3.36. The van der Waals surface area contributed by atoms with E-state index in [1.807, 2.05) is 0 Å². The van der Waals surface area contributed by atoms with E-state index in [1.165, 1.54) is 32.4 Å². The summed E-state index contributed by atoms with van der Waals surface area (Å²) in [6, 6.07) is 6.52. The zero-order chi connectivity index (χ0) is 29.1. The number of halogens is 2. The van der Waals surface area contributed by atoms with Gasteiger partial charge in [0.1, 0.15) is 36.0 Å². The molecule has 2 aromatic rings. The first-order chi connectivity index (χ1) is 18.5. The fourth-order valence-corrected chi connectivity index (χ4v) is 3.88. The van der Waals surface area contributed by atoms with Crippen LogP contribution in [0.1, 0.15) is 31.4 Å². The second-order valence-corrected chi connectivity index (χ2v) is 9.37. The number of ketones is 1. The summed E-state index contributed by atoms with van der Waals surface area (Å²) in [6.07, 6.45) is -0.838. The first kappa shape index (κ1) is 31.5. The van der Waals surface area contributed by atoms with Crippen LogP contribution in [0.15, 0.2) is 36.4 Å². The molecular formula is C27H32ClFN2O8. The number of hydrogen-bond donors (Lipinski definition) is 3. The number of carbonyl (C=O) groups excluding carboxylic acids is 3. The molecule has 10 nitrogen and oxygen atoms in total. The number of nitrogens with one attached hydrogen (secondary N) is 2. The van der Waals surface area contributed by atoms with Crippen LogP contribution in [0.4, 0.5) is 4.39 Å². The van der Waals surface area contributed by atoms with Crippen molar-refractivity contribution in [2.75, 3.05) is 20.8 Å². The number of Topliss-reactive ketones (excluding diaryl/α,β-unsaturated/α-hetero) is 1. The van der Waals surface area contributed by atoms with E-state index >= 15 is 0 Å². The van der Waals surface area contributed by atoms with Crippen LogP contribution in [0.2, 0.25) is 5.02 Å². The molecule has 0 aliphatic carbocycles. The number of carboxylic acids is 1. The average Bonchev–Trinajstić information content (AvgIpc) is 2.87. The quantitative estimate of drug-likeness (QED) is 0.299. The van der Waals surface area contributed by atoms with Crippen LogP contribution in [-0.4, -0.2) is 61.6 Å². The van der Waals surface area contributed by atoms with Gasteiger partial charge in [-0.3, -0.25) is 19.2 Å². The van der Waals surface area contributed by atoms with Crippen LogP contribution in [-0.2, 0) is 36.9 Å². The highest BCUT2D eigenvalue weighted by atomic mass is 35.5. The van der Waals surface area contributed by atoms with Crippen molar-refractivity contribution in [3.8, 4) is 11.5 Å². The summed E-state index contributed by atoms with van der Waals surface area (Å²) in [5, 5.41) is 14.4. The van der Waals surface area contributed by atoms with Crippen molar-refractivity contribution in [3.05, 3.63) is 58.4 Å². The first-order valence-corrected chi connectivity index (χ1v) is 12.4. The topological polar surface area (TPSA) is 140 Å². The Kier molecular flexibility index (Phi) is 12.1. The summed E-state index contributed by atoms with van der Waals surface area (Å²) in [4.78, 5) is 50.0. The number of rotatable bonds is 15. The lowest BCUT2D eigenvalue weighted by Gasteiger charge is -2.25. The number of carboxylic acid groups (broad SMARTS) is 1. The number of ether oxygens (including phenoxy) is 3. The molecule has 2 amide bonds. The average molecular weight is 567 g/mol. The standard InChI is InChI=1S/C27H32ClFN2O8/c1-15(2)26(31-24(33)11-16-10-17(37-3)8-9-23(16)38-4)27(36)30-21(12-25(34)35)22(32)14-39-13-18-19(28)6-5-7-20(18)29/h5-10,15,21,26H,11-14H2,1-4H3,(H,30,36)(H,31,33)(H,34,35)/t21-,26-/m0/s1. The molecule has 0 unspecified atom stereocenters. The van der Waals surface area contributed by atoms with Crippen molar-refractivity contribution in [2.24, 2.45) is 5.92 Å². The molecule has 212 valence electrons. The first-order valence-electron chi connectivity index (χ1n) is 12.0. The number of benzene rings is 2. The minimum absolute atomic E-state index is 0.0426. The van der Waals surface area contributed by atoms with Crippen molar-refractivity contribution in [2.45, 2.75) is 45.4 Å². The van der Waals surface area contributed by atoms with Gasteiger partial charge in [-0.25, -0.2) is 4.39 Å². The molecule has 0 fully saturated rings. The molecule has 0 aliphatic rings. The van der Waals surface area contributed by atoms with Gasteiger partial charge in [0.2, 0.25) is 11.8 Å². The zero-order valence-corrected chi connectivity index (χ0v) is 22.8. The van der Waals surface area contributed by atoms with E-state index in [1.54, 1.807) is 32.0 Å². The summed E-state index contributed by atoms with van der Waals surface area (Å²) >= 11 is 5.95. The zero-order valence-electron chi connectivity index (χ0n) is 22.1. The number of amides is 2. The van der Waals surface area contributed by atoms with E-state index < -0.39 is 60.4 Å². The van der Waals surface area contributed by atoms with Gasteiger partial charge in [0.25, 0.3) is 0 Å². The Morgan fingerprint density at radius 1 is 1.05 bits per heavy atom. The van der Waals surface area contributed by atoms with Crippen LogP contribution in [0.3, 0.4) is 0 Å². The van der Waals surface area contributed by atoms with Gasteiger partial charge < -0.3 is 30.0 Å². The van der Waals surface area contributed by atoms with E-state index in [0.29, 0.717) is 17.1 Å². The minimum Gasteiger partial charge on any atom is -0.497 e. The van der Waals surface area contributed by atoms with Crippen LogP contribution in [0.25, 0.3) is 0 Å². The number of methoxy groups -OCH3 is 2. The predicted molar refractivity (Wildman–Crippen MR) is 140 cm³/mol. The van der Waals surface area contributed by atoms with Gasteiger partial charge in [-0.15, -0.1) is 0 Å². The third-order valence-corrected chi connectivity index (χ3v) is 6.09. The Balaban J connectivity index is 2.07. The van der Waals surface area contributed by atoms with E-state index in [-0.39, 0.29) is 23.6 Å². The lowest BCUT2D eigenvalue weighted by Crippen LogP contribution is -2.54. The molecule has 0 saturated heterocycles. The van der Waals surface area contributed by atoms with Crippen molar-refractivity contribution in [1.82, 2.24) is 10.6 Å². The Morgan fingerprint density at radius 3 is 2.36 bits per heavy atom. The third-order valence-electron chi connectivity index (χ3n) is 5.74. The Bertz CT molecular complexity index is 1170. The summed E-state index contributed by atoms with van der Waals surface area (Å²) in [5.41, 5.74) is 0.573. The molecule has 39 heavy (non-hydrogen) atoms.